The van der Waals surface area contributed by atoms with Gasteiger partial charge in [0.15, 0.2) is 0 Å². The first-order valence-corrected chi connectivity index (χ1v) is 5.12. The summed E-state index contributed by atoms with van der Waals surface area (Å²) in [6, 6.07) is 6.59. The molecular weight excluding hydrogens is 239 g/mol. The molecule has 0 unspecified atom stereocenters. The van der Waals surface area contributed by atoms with Crippen LogP contribution in [0.5, 0.6) is 0 Å². The molecule has 0 amide bonds. The molecule has 1 aromatic heterocycles. The average molecular weight is 248 g/mol. The summed E-state index contributed by atoms with van der Waals surface area (Å²) in [5, 5.41) is 0. The van der Waals surface area contributed by atoms with E-state index in [1.165, 1.54) is 6.07 Å². The SMILES string of the molecule is Cc1ccccc1C(=O)n1cc(F)c(=O)[nH]c1=O. The summed E-state index contributed by atoms with van der Waals surface area (Å²) >= 11 is 0. The number of carbonyl (C=O) groups excluding carboxylic acids is 1. The molecule has 0 aliphatic rings. The molecule has 5 nitrogen and oxygen atoms in total. The lowest BCUT2D eigenvalue weighted by Crippen LogP contribution is -2.35. The van der Waals surface area contributed by atoms with E-state index in [4.69, 9.17) is 0 Å². The Bertz CT molecular complexity index is 731. The largest absolute Gasteiger partial charge is 0.335 e. The second kappa shape index (κ2) is 4.40. The van der Waals surface area contributed by atoms with Gasteiger partial charge in [-0.1, -0.05) is 18.2 Å². The molecule has 18 heavy (non-hydrogen) atoms. The molecule has 0 spiro atoms. The van der Waals surface area contributed by atoms with Gasteiger partial charge in [0.25, 0.3) is 11.5 Å². The van der Waals surface area contributed by atoms with Gasteiger partial charge < -0.3 is 0 Å². The highest BCUT2D eigenvalue weighted by Gasteiger charge is 2.14. The van der Waals surface area contributed by atoms with Gasteiger partial charge in [0.2, 0.25) is 5.82 Å². The van der Waals surface area contributed by atoms with Crippen molar-refractivity contribution in [2.24, 2.45) is 0 Å². The summed E-state index contributed by atoms with van der Waals surface area (Å²) in [6.45, 7) is 1.69. The van der Waals surface area contributed by atoms with E-state index >= 15 is 0 Å². The van der Waals surface area contributed by atoms with E-state index in [2.05, 4.69) is 0 Å². The van der Waals surface area contributed by atoms with Gasteiger partial charge in [0, 0.05) is 5.56 Å². The van der Waals surface area contributed by atoms with E-state index in [1.807, 2.05) is 0 Å². The third kappa shape index (κ3) is 2.00. The lowest BCUT2D eigenvalue weighted by molar-refractivity contribution is 0.0952. The van der Waals surface area contributed by atoms with Crippen LogP contribution in [0.2, 0.25) is 0 Å². The third-order valence-corrected chi connectivity index (χ3v) is 2.49. The fourth-order valence-corrected chi connectivity index (χ4v) is 1.54. The number of hydrogen-bond donors (Lipinski definition) is 1. The van der Waals surface area contributed by atoms with Crippen LogP contribution in [-0.2, 0) is 0 Å². The second-order valence-corrected chi connectivity index (χ2v) is 3.73. The Kier molecular flexibility index (Phi) is 2.93. The van der Waals surface area contributed by atoms with Gasteiger partial charge in [0.05, 0.1) is 6.20 Å². The standard InChI is InChI=1S/C12H9FN2O3/c1-7-4-2-3-5-8(7)11(17)15-6-9(13)10(16)14-12(15)18/h2-6H,1H3,(H,14,16,18). The number of aryl methyl sites for hydroxylation is 1. The van der Waals surface area contributed by atoms with Crippen molar-refractivity contribution in [1.82, 2.24) is 9.55 Å². The summed E-state index contributed by atoms with van der Waals surface area (Å²) in [6.07, 6.45) is 0.593. The summed E-state index contributed by atoms with van der Waals surface area (Å²) in [4.78, 5) is 36.1. The van der Waals surface area contributed by atoms with Crippen molar-refractivity contribution < 1.29 is 9.18 Å². The zero-order chi connectivity index (χ0) is 13.3. The van der Waals surface area contributed by atoms with E-state index in [0.29, 0.717) is 16.3 Å². The van der Waals surface area contributed by atoms with Crippen LogP contribution >= 0.6 is 0 Å². The topological polar surface area (TPSA) is 71.9 Å². The first kappa shape index (κ1) is 12.0. The zero-order valence-electron chi connectivity index (χ0n) is 9.44. The second-order valence-electron chi connectivity index (χ2n) is 3.73. The van der Waals surface area contributed by atoms with Crippen molar-refractivity contribution in [3.8, 4) is 0 Å². The van der Waals surface area contributed by atoms with Gasteiger partial charge in [0.1, 0.15) is 0 Å². The Morgan fingerprint density at radius 2 is 1.94 bits per heavy atom. The number of carbonyl (C=O) groups is 1. The average Bonchev–Trinajstić information content (AvgIpc) is 2.33. The molecule has 2 rings (SSSR count). The van der Waals surface area contributed by atoms with Crippen molar-refractivity contribution >= 4 is 5.91 Å². The Morgan fingerprint density at radius 3 is 2.61 bits per heavy atom. The summed E-state index contributed by atoms with van der Waals surface area (Å²) in [7, 11) is 0. The monoisotopic (exact) mass is 248 g/mol. The van der Waals surface area contributed by atoms with E-state index in [-0.39, 0.29) is 5.56 Å². The lowest BCUT2D eigenvalue weighted by Gasteiger charge is -2.06. The van der Waals surface area contributed by atoms with Gasteiger partial charge in [-0.2, -0.15) is 4.39 Å². The quantitative estimate of drug-likeness (QED) is 0.806. The van der Waals surface area contributed by atoms with Crippen molar-refractivity contribution in [1.29, 1.82) is 0 Å². The molecule has 0 fully saturated rings. The lowest BCUT2D eigenvalue weighted by atomic mass is 10.1. The molecule has 0 saturated heterocycles. The molecule has 0 saturated carbocycles. The Hall–Kier alpha value is -2.50. The van der Waals surface area contributed by atoms with E-state index < -0.39 is 23.0 Å². The molecule has 0 bridgehead atoms. The molecule has 1 heterocycles. The molecule has 6 heteroatoms. The number of benzene rings is 1. The maximum Gasteiger partial charge on any atom is 0.335 e. The molecule has 0 aliphatic carbocycles. The number of rotatable bonds is 1. The number of aromatic nitrogens is 2. The summed E-state index contributed by atoms with van der Waals surface area (Å²) in [5.41, 5.74) is -1.18. The first-order valence-electron chi connectivity index (χ1n) is 5.12. The molecule has 92 valence electrons. The van der Waals surface area contributed by atoms with Crippen LogP contribution in [0.1, 0.15) is 15.9 Å². The Labute approximate surface area is 101 Å². The van der Waals surface area contributed by atoms with Crippen LogP contribution in [0.4, 0.5) is 4.39 Å². The van der Waals surface area contributed by atoms with E-state index in [9.17, 15) is 18.8 Å². The number of nitrogens with zero attached hydrogens (tertiary/aromatic N) is 1. The predicted octanol–water partition coefficient (Wildman–Crippen LogP) is 0.673. The first-order chi connectivity index (χ1) is 8.50. The fraction of sp³-hybridized carbons (Fsp3) is 0.0833. The van der Waals surface area contributed by atoms with Gasteiger partial charge >= 0.3 is 5.69 Å². The van der Waals surface area contributed by atoms with Crippen LogP contribution < -0.4 is 11.2 Å². The van der Waals surface area contributed by atoms with Gasteiger partial charge in [-0.3, -0.25) is 14.6 Å². The van der Waals surface area contributed by atoms with Gasteiger partial charge in [-0.15, -0.1) is 0 Å². The predicted molar refractivity (Wildman–Crippen MR) is 62.2 cm³/mol. The van der Waals surface area contributed by atoms with E-state index in [0.717, 1.165) is 0 Å². The van der Waals surface area contributed by atoms with Crippen LogP contribution in [0.3, 0.4) is 0 Å². The summed E-state index contributed by atoms with van der Waals surface area (Å²) in [5.74, 6) is -1.87. The van der Waals surface area contributed by atoms with Crippen molar-refractivity contribution in [2.75, 3.05) is 0 Å². The molecule has 0 aliphatic heterocycles. The normalized spacial score (nSPS) is 10.3. The maximum atomic E-state index is 13.1. The van der Waals surface area contributed by atoms with Crippen LogP contribution in [0, 0.1) is 12.7 Å². The highest BCUT2D eigenvalue weighted by molar-refractivity contribution is 5.97. The summed E-state index contributed by atoms with van der Waals surface area (Å²) < 4.78 is 13.6. The Balaban J connectivity index is 2.61. The highest BCUT2D eigenvalue weighted by Crippen LogP contribution is 2.08. The maximum absolute atomic E-state index is 13.1. The third-order valence-electron chi connectivity index (χ3n) is 2.49. The van der Waals surface area contributed by atoms with Crippen LogP contribution in [0.25, 0.3) is 0 Å². The molecule has 0 radical (unpaired) electrons. The zero-order valence-corrected chi connectivity index (χ0v) is 9.44. The number of hydrogen-bond acceptors (Lipinski definition) is 3. The van der Waals surface area contributed by atoms with Gasteiger partial charge in [-0.05, 0) is 18.6 Å². The van der Waals surface area contributed by atoms with Crippen molar-refractivity contribution in [2.45, 2.75) is 6.92 Å². The van der Waals surface area contributed by atoms with E-state index in [1.54, 1.807) is 30.1 Å². The Morgan fingerprint density at radius 1 is 1.28 bits per heavy atom. The highest BCUT2D eigenvalue weighted by atomic mass is 19.1. The van der Waals surface area contributed by atoms with Gasteiger partial charge in [-0.25, -0.2) is 9.36 Å². The smallest absolute Gasteiger partial charge is 0.271 e. The number of aromatic amines is 1. The van der Waals surface area contributed by atoms with Crippen LogP contribution in [-0.4, -0.2) is 15.5 Å². The molecule has 1 aromatic carbocycles. The fourth-order valence-electron chi connectivity index (χ4n) is 1.54. The van der Waals surface area contributed by atoms with Crippen molar-refractivity contribution in [3.05, 3.63) is 68.2 Å². The molecular formula is C12H9FN2O3. The molecule has 2 aromatic rings. The number of nitrogens with one attached hydrogen (secondary N) is 1. The minimum atomic E-state index is -1.18. The van der Waals surface area contributed by atoms with Crippen LogP contribution in [0.15, 0.2) is 40.1 Å². The minimum absolute atomic E-state index is 0.269. The molecule has 0 atom stereocenters. The molecule has 1 N–H and O–H groups in total. The minimum Gasteiger partial charge on any atom is -0.271 e. The number of halogens is 1. The number of H-pyrrole nitrogens is 1. The van der Waals surface area contributed by atoms with Crippen molar-refractivity contribution in [3.63, 3.8) is 0 Å².